The van der Waals surface area contributed by atoms with Crippen molar-refractivity contribution in [1.82, 2.24) is 4.90 Å². The van der Waals surface area contributed by atoms with Gasteiger partial charge in [0.2, 0.25) is 0 Å². The summed E-state index contributed by atoms with van der Waals surface area (Å²) in [6.45, 7) is 3.28. The Labute approximate surface area is 116 Å². The molecule has 0 radical (unpaired) electrons. The molecule has 0 aromatic carbocycles. The normalized spacial score (nSPS) is 22.9. The zero-order valence-electron chi connectivity index (χ0n) is 11.9. The minimum atomic E-state index is -0.677. The number of hydrogen-bond acceptors (Lipinski definition) is 3. The average molecular weight is 269 g/mol. The van der Waals surface area contributed by atoms with Crippen LogP contribution in [0.5, 0.6) is 0 Å². The molecule has 19 heavy (non-hydrogen) atoms. The molecule has 0 amide bonds. The number of nitrogens with zero attached hydrogens (tertiary/aromatic N) is 1. The van der Waals surface area contributed by atoms with Crippen molar-refractivity contribution in [2.24, 2.45) is 0 Å². The Bertz CT molecular complexity index is 269. The quantitative estimate of drug-likeness (QED) is 0.722. The Hall–Kier alpha value is -0.610. The highest BCUT2D eigenvalue weighted by Crippen LogP contribution is 2.25. The SMILES string of the molecule is O=C(O)CCCCN1CCC(OC2CCCC2)CC1. The molecule has 0 unspecified atom stereocenters. The molecule has 0 bridgehead atoms. The van der Waals surface area contributed by atoms with Crippen LogP contribution in [0.2, 0.25) is 0 Å². The van der Waals surface area contributed by atoms with Crippen LogP contribution in [0.4, 0.5) is 0 Å². The maximum Gasteiger partial charge on any atom is 0.303 e. The Morgan fingerprint density at radius 1 is 1.05 bits per heavy atom. The molecule has 4 heteroatoms. The highest BCUT2D eigenvalue weighted by Gasteiger charge is 2.24. The van der Waals surface area contributed by atoms with Gasteiger partial charge < -0.3 is 14.7 Å². The van der Waals surface area contributed by atoms with Crippen LogP contribution in [0.25, 0.3) is 0 Å². The predicted octanol–water partition coefficient (Wildman–Crippen LogP) is 2.66. The van der Waals surface area contributed by atoms with E-state index < -0.39 is 5.97 Å². The number of carboxylic acids is 1. The maximum absolute atomic E-state index is 10.4. The van der Waals surface area contributed by atoms with Gasteiger partial charge in [0, 0.05) is 19.5 Å². The molecule has 2 aliphatic rings. The van der Waals surface area contributed by atoms with Gasteiger partial charge in [0.15, 0.2) is 0 Å². The van der Waals surface area contributed by atoms with Gasteiger partial charge in [0.1, 0.15) is 0 Å². The third-order valence-corrected chi connectivity index (χ3v) is 4.34. The van der Waals surface area contributed by atoms with E-state index in [0.717, 1.165) is 45.3 Å². The minimum Gasteiger partial charge on any atom is -0.481 e. The lowest BCUT2D eigenvalue weighted by Gasteiger charge is -2.33. The first kappa shape index (κ1) is 14.8. The molecule has 1 saturated carbocycles. The van der Waals surface area contributed by atoms with Crippen molar-refractivity contribution < 1.29 is 14.6 Å². The molecule has 1 aliphatic carbocycles. The Morgan fingerprint density at radius 2 is 1.68 bits per heavy atom. The third kappa shape index (κ3) is 5.49. The average Bonchev–Trinajstić information content (AvgIpc) is 2.89. The summed E-state index contributed by atoms with van der Waals surface area (Å²) in [6, 6.07) is 0. The number of carboxylic acid groups (broad SMARTS) is 1. The van der Waals surface area contributed by atoms with Crippen LogP contribution in [0.3, 0.4) is 0 Å². The summed E-state index contributed by atoms with van der Waals surface area (Å²) in [5.41, 5.74) is 0. The van der Waals surface area contributed by atoms with E-state index in [2.05, 4.69) is 4.90 Å². The predicted molar refractivity (Wildman–Crippen MR) is 74.3 cm³/mol. The fraction of sp³-hybridized carbons (Fsp3) is 0.933. The van der Waals surface area contributed by atoms with Crippen molar-refractivity contribution >= 4 is 5.97 Å². The summed E-state index contributed by atoms with van der Waals surface area (Å²) in [6.07, 6.45) is 10.6. The van der Waals surface area contributed by atoms with Crippen LogP contribution in [-0.2, 0) is 9.53 Å². The number of aliphatic carboxylic acids is 1. The summed E-state index contributed by atoms with van der Waals surface area (Å²) in [5, 5.41) is 8.59. The number of carbonyl (C=O) groups is 1. The van der Waals surface area contributed by atoms with Crippen molar-refractivity contribution in [3.05, 3.63) is 0 Å². The van der Waals surface area contributed by atoms with Crippen molar-refractivity contribution in [2.45, 2.75) is 70.0 Å². The van der Waals surface area contributed by atoms with Gasteiger partial charge in [-0.1, -0.05) is 12.8 Å². The molecule has 0 aromatic rings. The van der Waals surface area contributed by atoms with Crippen LogP contribution in [0.1, 0.15) is 57.8 Å². The first-order valence-electron chi connectivity index (χ1n) is 7.83. The van der Waals surface area contributed by atoms with Crippen LogP contribution >= 0.6 is 0 Å². The topological polar surface area (TPSA) is 49.8 Å². The lowest BCUT2D eigenvalue weighted by atomic mass is 10.1. The van der Waals surface area contributed by atoms with E-state index in [9.17, 15) is 4.79 Å². The van der Waals surface area contributed by atoms with Gasteiger partial charge >= 0.3 is 5.97 Å². The summed E-state index contributed by atoms with van der Waals surface area (Å²) >= 11 is 0. The van der Waals surface area contributed by atoms with Gasteiger partial charge in [0.25, 0.3) is 0 Å². The molecule has 0 atom stereocenters. The van der Waals surface area contributed by atoms with E-state index in [1.165, 1.54) is 25.7 Å². The van der Waals surface area contributed by atoms with E-state index in [-0.39, 0.29) is 0 Å². The van der Waals surface area contributed by atoms with Crippen molar-refractivity contribution in [1.29, 1.82) is 0 Å². The second-order valence-corrected chi connectivity index (χ2v) is 5.93. The van der Waals surface area contributed by atoms with Gasteiger partial charge in [-0.3, -0.25) is 4.79 Å². The smallest absolute Gasteiger partial charge is 0.303 e. The Kier molecular flexibility index (Phi) is 6.11. The monoisotopic (exact) mass is 269 g/mol. The van der Waals surface area contributed by atoms with Gasteiger partial charge in [0.05, 0.1) is 12.2 Å². The van der Waals surface area contributed by atoms with E-state index in [1.54, 1.807) is 0 Å². The van der Waals surface area contributed by atoms with Gasteiger partial charge in [-0.2, -0.15) is 0 Å². The van der Waals surface area contributed by atoms with Crippen molar-refractivity contribution in [3.8, 4) is 0 Å². The number of rotatable bonds is 7. The molecule has 1 saturated heterocycles. The molecule has 4 nitrogen and oxygen atoms in total. The first-order chi connectivity index (χ1) is 9.24. The second kappa shape index (κ2) is 7.85. The molecule has 1 heterocycles. The second-order valence-electron chi connectivity index (χ2n) is 5.93. The molecule has 110 valence electrons. The van der Waals surface area contributed by atoms with Crippen molar-refractivity contribution in [3.63, 3.8) is 0 Å². The number of likely N-dealkylation sites (tertiary alicyclic amines) is 1. The molecular weight excluding hydrogens is 242 g/mol. The number of piperidine rings is 1. The Balaban J connectivity index is 1.53. The molecular formula is C15H27NO3. The van der Waals surface area contributed by atoms with Gasteiger partial charge in [-0.05, 0) is 45.1 Å². The molecule has 0 aromatic heterocycles. The van der Waals surface area contributed by atoms with E-state index in [0.29, 0.717) is 18.6 Å². The summed E-state index contributed by atoms with van der Waals surface area (Å²) in [4.78, 5) is 12.9. The van der Waals surface area contributed by atoms with E-state index in [4.69, 9.17) is 9.84 Å². The van der Waals surface area contributed by atoms with E-state index in [1.807, 2.05) is 0 Å². The van der Waals surface area contributed by atoms with Crippen LogP contribution in [-0.4, -0.2) is 47.8 Å². The Morgan fingerprint density at radius 3 is 2.32 bits per heavy atom. The molecule has 0 spiro atoms. The number of ether oxygens (including phenoxy) is 1. The summed E-state index contributed by atoms with van der Waals surface area (Å²) in [7, 11) is 0. The fourth-order valence-corrected chi connectivity index (χ4v) is 3.18. The zero-order valence-corrected chi connectivity index (χ0v) is 11.9. The highest BCUT2D eigenvalue weighted by atomic mass is 16.5. The first-order valence-corrected chi connectivity index (χ1v) is 7.83. The third-order valence-electron chi connectivity index (χ3n) is 4.34. The van der Waals surface area contributed by atoms with Crippen LogP contribution in [0, 0.1) is 0 Å². The number of hydrogen-bond donors (Lipinski definition) is 1. The van der Waals surface area contributed by atoms with Gasteiger partial charge in [-0.15, -0.1) is 0 Å². The van der Waals surface area contributed by atoms with Gasteiger partial charge in [-0.25, -0.2) is 0 Å². The van der Waals surface area contributed by atoms with Crippen LogP contribution < -0.4 is 0 Å². The molecule has 2 rings (SSSR count). The van der Waals surface area contributed by atoms with Crippen LogP contribution in [0.15, 0.2) is 0 Å². The molecule has 2 fully saturated rings. The zero-order chi connectivity index (χ0) is 13.5. The largest absolute Gasteiger partial charge is 0.481 e. The fourth-order valence-electron chi connectivity index (χ4n) is 3.18. The van der Waals surface area contributed by atoms with Crippen molar-refractivity contribution in [2.75, 3.05) is 19.6 Å². The highest BCUT2D eigenvalue weighted by molar-refractivity contribution is 5.66. The maximum atomic E-state index is 10.4. The standard InChI is InChI=1S/C15H27NO3/c17-15(18)7-3-4-10-16-11-8-14(9-12-16)19-13-5-1-2-6-13/h13-14H,1-12H2,(H,17,18). The molecule has 1 N–H and O–H groups in total. The lowest BCUT2D eigenvalue weighted by Crippen LogP contribution is -2.38. The summed E-state index contributed by atoms with van der Waals surface area (Å²) < 4.78 is 6.15. The summed E-state index contributed by atoms with van der Waals surface area (Å²) in [5.74, 6) is -0.677. The molecule has 1 aliphatic heterocycles. The lowest BCUT2D eigenvalue weighted by molar-refractivity contribution is -0.137. The van der Waals surface area contributed by atoms with E-state index >= 15 is 0 Å². The minimum absolute atomic E-state index is 0.307. The number of unbranched alkanes of at least 4 members (excludes halogenated alkanes) is 1.